The number of hydrogen-bond acceptors (Lipinski definition) is 2. The third-order valence-corrected chi connectivity index (χ3v) is 3.52. The van der Waals surface area contributed by atoms with Crippen LogP contribution in [0.25, 0.3) is 0 Å². The maximum atomic E-state index is 12.0. The van der Waals surface area contributed by atoms with Crippen molar-refractivity contribution in [1.29, 1.82) is 0 Å². The predicted octanol–water partition coefficient (Wildman–Crippen LogP) is 1.68. The van der Waals surface area contributed by atoms with Gasteiger partial charge in [-0.3, -0.25) is 4.79 Å². The van der Waals surface area contributed by atoms with Crippen molar-refractivity contribution in [2.75, 3.05) is 6.54 Å². The highest BCUT2D eigenvalue weighted by Crippen LogP contribution is 2.26. The fraction of sp³-hybridized carbons (Fsp3) is 0.533. The van der Waals surface area contributed by atoms with Crippen LogP contribution in [0.2, 0.25) is 0 Å². The lowest BCUT2D eigenvalue weighted by Gasteiger charge is -2.10. The first-order chi connectivity index (χ1) is 8.66. The Morgan fingerprint density at radius 2 is 2.00 bits per heavy atom. The number of nitrogens with one attached hydrogen (secondary N) is 1. The van der Waals surface area contributed by atoms with Gasteiger partial charge in [-0.05, 0) is 43.7 Å². The molecule has 0 bridgehead atoms. The van der Waals surface area contributed by atoms with Crippen molar-refractivity contribution in [3.8, 4) is 0 Å². The molecule has 0 radical (unpaired) electrons. The van der Waals surface area contributed by atoms with Crippen molar-refractivity contribution in [3.05, 3.63) is 35.4 Å². The number of aliphatic hydroxyl groups excluding tert-OH is 1. The second kappa shape index (κ2) is 6.01. The molecule has 1 aromatic rings. The molecule has 0 heterocycles. The summed E-state index contributed by atoms with van der Waals surface area (Å²) in [5, 5.41) is 12.1. The molecule has 1 amide bonds. The van der Waals surface area contributed by atoms with Crippen LogP contribution in [0, 0.1) is 5.92 Å². The zero-order valence-electron chi connectivity index (χ0n) is 10.9. The van der Waals surface area contributed by atoms with Crippen molar-refractivity contribution in [3.63, 3.8) is 0 Å². The third-order valence-electron chi connectivity index (χ3n) is 3.52. The van der Waals surface area contributed by atoms with Crippen LogP contribution in [0.1, 0.15) is 30.9 Å². The van der Waals surface area contributed by atoms with Crippen LogP contribution in [0.5, 0.6) is 0 Å². The number of rotatable bonds is 5. The largest absolute Gasteiger partial charge is 0.393 e. The number of carbonyl (C=O) groups is 1. The molecule has 1 aliphatic carbocycles. The van der Waals surface area contributed by atoms with Crippen LogP contribution in [0.4, 0.5) is 0 Å². The van der Waals surface area contributed by atoms with Crippen LogP contribution >= 0.6 is 0 Å². The van der Waals surface area contributed by atoms with Crippen molar-refractivity contribution < 1.29 is 9.90 Å². The van der Waals surface area contributed by atoms with Gasteiger partial charge in [-0.15, -0.1) is 0 Å². The van der Waals surface area contributed by atoms with Gasteiger partial charge in [0.2, 0.25) is 5.91 Å². The highest BCUT2D eigenvalue weighted by molar-refractivity contribution is 5.80. The second-order valence-electron chi connectivity index (χ2n) is 5.16. The van der Waals surface area contributed by atoms with Gasteiger partial charge in [0.1, 0.15) is 0 Å². The highest BCUT2D eigenvalue weighted by atomic mass is 16.3. The van der Waals surface area contributed by atoms with E-state index in [1.807, 2.05) is 12.1 Å². The van der Waals surface area contributed by atoms with Crippen LogP contribution in [0.3, 0.4) is 0 Å². The molecule has 0 aromatic heterocycles. The van der Waals surface area contributed by atoms with Crippen LogP contribution in [0.15, 0.2) is 24.3 Å². The molecular weight excluding hydrogens is 226 g/mol. The Hall–Kier alpha value is -1.35. The molecule has 0 saturated heterocycles. The summed E-state index contributed by atoms with van der Waals surface area (Å²) in [6.45, 7) is 2.44. The monoisotopic (exact) mass is 247 g/mol. The predicted molar refractivity (Wildman–Crippen MR) is 71.3 cm³/mol. The molecule has 98 valence electrons. The van der Waals surface area contributed by atoms with Gasteiger partial charge in [0.05, 0.1) is 6.10 Å². The van der Waals surface area contributed by atoms with Gasteiger partial charge in [-0.1, -0.05) is 24.3 Å². The molecule has 2 N–H and O–H groups in total. The molecular formula is C15H21NO2. The number of fused-ring (bicyclic) bond motifs is 1. The van der Waals surface area contributed by atoms with E-state index in [-0.39, 0.29) is 17.9 Å². The second-order valence-corrected chi connectivity index (χ2v) is 5.16. The Kier molecular flexibility index (Phi) is 4.37. The lowest BCUT2D eigenvalue weighted by Crippen LogP contribution is -2.32. The minimum Gasteiger partial charge on any atom is -0.393 e. The van der Waals surface area contributed by atoms with E-state index < -0.39 is 0 Å². The van der Waals surface area contributed by atoms with Crippen LogP contribution < -0.4 is 5.32 Å². The highest BCUT2D eigenvalue weighted by Gasteiger charge is 2.26. The zero-order chi connectivity index (χ0) is 13.0. The lowest BCUT2D eigenvalue weighted by atomic mass is 10.1. The van der Waals surface area contributed by atoms with Gasteiger partial charge in [-0.25, -0.2) is 0 Å². The number of carbonyl (C=O) groups excluding carboxylic acids is 1. The van der Waals surface area contributed by atoms with Crippen LogP contribution in [-0.4, -0.2) is 23.7 Å². The minimum absolute atomic E-state index is 0.0916. The number of hydrogen-bond donors (Lipinski definition) is 2. The normalized spacial score (nSPS) is 16.3. The third kappa shape index (κ3) is 3.33. The van der Waals surface area contributed by atoms with Crippen LogP contribution in [-0.2, 0) is 17.6 Å². The Balaban J connectivity index is 1.76. The first-order valence-corrected chi connectivity index (χ1v) is 6.69. The minimum atomic E-state index is -0.280. The molecule has 3 nitrogen and oxygen atoms in total. The SMILES string of the molecule is CC(O)CCCNC(=O)C1Cc2ccccc2C1. The van der Waals surface area contributed by atoms with Crippen molar-refractivity contribution >= 4 is 5.91 Å². The number of benzene rings is 1. The molecule has 0 fully saturated rings. The first kappa shape index (κ1) is 13.1. The van der Waals surface area contributed by atoms with Gasteiger partial charge in [0, 0.05) is 12.5 Å². The average Bonchev–Trinajstić information content (AvgIpc) is 2.78. The van der Waals surface area contributed by atoms with E-state index in [0.717, 1.165) is 25.7 Å². The fourth-order valence-electron chi connectivity index (χ4n) is 2.50. The van der Waals surface area contributed by atoms with Gasteiger partial charge >= 0.3 is 0 Å². The molecule has 0 saturated carbocycles. The number of amides is 1. The van der Waals surface area contributed by atoms with E-state index in [9.17, 15) is 4.79 Å². The smallest absolute Gasteiger partial charge is 0.223 e. The zero-order valence-corrected chi connectivity index (χ0v) is 10.9. The summed E-state index contributed by atoms with van der Waals surface area (Å²) in [7, 11) is 0. The van der Waals surface area contributed by atoms with E-state index in [4.69, 9.17) is 5.11 Å². The summed E-state index contributed by atoms with van der Waals surface area (Å²) in [6.07, 6.45) is 3.02. The molecule has 18 heavy (non-hydrogen) atoms. The topological polar surface area (TPSA) is 49.3 Å². The fourth-order valence-corrected chi connectivity index (χ4v) is 2.50. The molecule has 0 spiro atoms. The Morgan fingerprint density at radius 1 is 1.39 bits per heavy atom. The molecule has 0 aliphatic heterocycles. The van der Waals surface area contributed by atoms with Gasteiger partial charge in [0.15, 0.2) is 0 Å². The summed E-state index contributed by atoms with van der Waals surface area (Å²) in [4.78, 5) is 12.0. The van der Waals surface area contributed by atoms with Crippen molar-refractivity contribution in [2.24, 2.45) is 5.92 Å². The summed E-state index contributed by atoms with van der Waals surface area (Å²) >= 11 is 0. The molecule has 1 aliphatic rings. The molecule has 1 unspecified atom stereocenters. The summed E-state index contributed by atoms with van der Waals surface area (Å²) in [6, 6.07) is 8.27. The van der Waals surface area contributed by atoms with Gasteiger partial charge in [-0.2, -0.15) is 0 Å². The lowest BCUT2D eigenvalue weighted by molar-refractivity contribution is -0.124. The Morgan fingerprint density at radius 3 is 2.56 bits per heavy atom. The molecule has 3 heteroatoms. The Bertz CT molecular complexity index is 390. The molecule has 2 rings (SSSR count). The van der Waals surface area contributed by atoms with Gasteiger partial charge in [0.25, 0.3) is 0 Å². The maximum Gasteiger partial charge on any atom is 0.223 e. The van der Waals surface area contributed by atoms with Crippen molar-refractivity contribution in [1.82, 2.24) is 5.32 Å². The maximum absolute atomic E-state index is 12.0. The average molecular weight is 247 g/mol. The summed E-state index contributed by atoms with van der Waals surface area (Å²) < 4.78 is 0. The molecule has 1 aromatic carbocycles. The quantitative estimate of drug-likeness (QED) is 0.778. The Labute approximate surface area is 108 Å². The van der Waals surface area contributed by atoms with E-state index in [1.165, 1.54) is 11.1 Å². The summed E-state index contributed by atoms with van der Waals surface area (Å²) in [5.41, 5.74) is 2.61. The number of aliphatic hydroxyl groups is 1. The summed E-state index contributed by atoms with van der Waals surface area (Å²) in [5.74, 6) is 0.241. The van der Waals surface area contributed by atoms with E-state index >= 15 is 0 Å². The van der Waals surface area contributed by atoms with E-state index in [0.29, 0.717) is 6.54 Å². The first-order valence-electron chi connectivity index (χ1n) is 6.69. The van der Waals surface area contributed by atoms with E-state index in [2.05, 4.69) is 17.4 Å². The molecule has 1 atom stereocenters. The van der Waals surface area contributed by atoms with E-state index in [1.54, 1.807) is 6.92 Å². The van der Waals surface area contributed by atoms with Crippen molar-refractivity contribution in [2.45, 2.75) is 38.7 Å². The standard InChI is InChI=1S/C15H21NO2/c1-11(17)5-4-8-16-15(18)14-9-12-6-2-3-7-13(12)10-14/h2-3,6-7,11,14,17H,4-5,8-10H2,1H3,(H,16,18). The van der Waals surface area contributed by atoms with Gasteiger partial charge < -0.3 is 10.4 Å².